The van der Waals surface area contributed by atoms with Crippen LogP contribution in [0.2, 0.25) is 0 Å². The third kappa shape index (κ3) is 4.52. The summed E-state index contributed by atoms with van der Waals surface area (Å²) in [6, 6.07) is 77.2. The first-order valence-electron chi connectivity index (χ1n) is 19.7. The van der Waals surface area contributed by atoms with E-state index in [1.54, 1.807) is 0 Å². The van der Waals surface area contributed by atoms with Crippen LogP contribution in [0.1, 0.15) is 13.8 Å². The van der Waals surface area contributed by atoms with E-state index in [1.165, 1.54) is 71.3 Å². The molecular weight excluding hydrogens is 693 g/mol. The predicted molar refractivity (Wildman–Crippen MR) is 241 cm³/mol. The zero-order chi connectivity index (χ0) is 37.4. The molecule has 8 aromatic carbocycles. The van der Waals surface area contributed by atoms with Gasteiger partial charge in [0.15, 0.2) is 8.07 Å². The Labute approximate surface area is 330 Å². The number of hydrogen-bond acceptors (Lipinski definition) is 3. The maximum atomic E-state index is 2.68. The van der Waals surface area contributed by atoms with E-state index in [9.17, 15) is 0 Å². The van der Waals surface area contributed by atoms with E-state index in [4.69, 9.17) is 0 Å². The van der Waals surface area contributed by atoms with E-state index >= 15 is 0 Å². The SMILES string of the molecule is CC1(C)N(c2ccccc2)c2cccc3c2N1c1cc([Si](c2ccccc2)(c2ccccc2)c2ccccc2)cc2c1B3c1ccccc1N2c1ccccc1. The van der Waals surface area contributed by atoms with Gasteiger partial charge < -0.3 is 14.7 Å². The van der Waals surface area contributed by atoms with Crippen molar-refractivity contribution in [3.63, 3.8) is 0 Å². The average molecular weight is 734 g/mol. The molecule has 266 valence electrons. The molecule has 0 aliphatic carbocycles. The van der Waals surface area contributed by atoms with Crippen LogP contribution >= 0.6 is 0 Å². The van der Waals surface area contributed by atoms with Crippen LogP contribution in [0, 0.1) is 0 Å². The van der Waals surface area contributed by atoms with Crippen molar-refractivity contribution in [3.05, 3.63) is 206 Å². The fraction of sp³-hybridized carbons (Fsp3) is 0.0588. The van der Waals surface area contributed by atoms with Crippen molar-refractivity contribution in [2.24, 2.45) is 0 Å². The van der Waals surface area contributed by atoms with Crippen molar-refractivity contribution >= 4 is 91.7 Å². The highest BCUT2D eigenvalue weighted by Gasteiger charge is 2.54. The fourth-order valence-corrected chi connectivity index (χ4v) is 15.1. The number of rotatable bonds is 6. The van der Waals surface area contributed by atoms with E-state index < -0.39 is 13.7 Å². The highest BCUT2D eigenvalue weighted by molar-refractivity contribution is 7.20. The van der Waals surface area contributed by atoms with E-state index in [2.05, 4.69) is 235 Å². The molecule has 3 aliphatic rings. The van der Waals surface area contributed by atoms with E-state index in [0.29, 0.717) is 0 Å². The molecule has 0 unspecified atom stereocenters. The molecule has 3 nitrogen and oxygen atoms in total. The second-order valence-electron chi connectivity index (χ2n) is 15.7. The highest BCUT2D eigenvalue weighted by Crippen LogP contribution is 2.54. The van der Waals surface area contributed by atoms with Gasteiger partial charge in [-0.1, -0.05) is 158 Å². The van der Waals surface area contributed by atoms with E-state index in [1.807, 2.05) is 0 Å². The summed E-state index contributed by atoms with van der Waals surface area (Å²) in [5.74, 6) is 0. The fourth-order valence-electron chi connectivity index (χ4n) is 10.3. The molecule has 8 aromatic rings. The number of hydrogen-bond donors (Lipinski definition) is 0. The molecule has 5 heteroatoms. The van der Waals surface area contributed by atoms with Crippen LogP contribution in [0.4, 0.5) is 39.8 Å². The summed E-state index contributed by atoms with van der Waals surface area (Å²) in [6.07, 6.45) is 0. The van der Waals surface area contributed by atoms with Crippen molar-refractivity contribution in [1.29, 1.82) is 0 Å². The summed E-state index contributed by atoms with van der Waals surface area (Å²) in [6.45, 7) is 4.85. The number of nitrogens with zero attached hydrogens (tertiary/aromatic N) is 3. The van der Waals surface area contributed by atoms with Crippen LogP contribution < -0.4 is 51.8 Å². The largest absolute Gasteiger partial charge is 0.317 e. The Morgan fingerprint density at radius 3 is 1.45 bits per heavy atom. The molecule has 0 spiro atoms. The van der Waals surface area contributed by atoms with Gasteiger partial charge in [0.05, 0.1) is 11.4 Å². The molecule has 0 atom stereocenters. The molecule has 3 heterocycles. The van der Waals surface area contributed by atoms with Crippen LogP contribution in [-0.2, 0) is 0 Å². The molecule has 56 heavy (non-hydrogen) atoms. The Balaban J connectivity index is 1.31. The lowest BCUT2D eigenvalue weighted by atomic mass is 9.33. The zero-order valence-corrected chi connectivity index (χ0v) is 32.5. The molecule has 0 amide bonds. The van der Waals surface area contributed by atoms with Crippen LogP contribution in [0.25, 0.3) is 0 Å². The Hall–Kier alpha value is -6.56. The third-order valence-corrected chi connectivity index (χ3v) is 17.1. The number of fused-ring (bicyclic) bond motifs is 4. The monoisotopic (exact) mass is 733 g/mol. The molecule has 3 aliphatic heterocycles. The molecule has 0 fully saturated rings. The summed E-state index contributed by atoms with van der Waals surface area (Å²) >= 11 is 0. The van der Waals surface area contributed by atoms with Gasteiger partial charge in [0.25, 0.3) is 6.71 Å². The normalized spacial score (nSPS) is 14.6. The first-order valence-corrected chi connectivity index (χ1v) is 21.7. The lowest BCUT2D eigenvalue weighted by Gasteiger charge is -2.48. The predicted octanol–water partition coefficient (Wildman–Crippen LogP) is 7.70. The minimum atomic E-state index is -2.94. The molecule has 0 saturated carbocycles. The second-order valence-corrected chi connectivity index (χ2v) is 19.5. The number of para-hydroxylation sites is 4. The van der Waals surface area contributed by atoms with Crippen molar-refractivity contribution < 1.29 is 0 Å². The highest BCUT2D eigenvalue weighted by atomic mass is 28.3. The van der Waals surface area contributed by atoms with Crippen LogP contribution in [0.5, 0.6) is 0 Å². The Bertz CT molecular complexity index is 2640. The van der Waals surface area contributed by atoms with Crippen molar-refractivity contribution in [2.45, 2.75) is 19.5 Å². The van der Waals surface area contributed by atoms with Gasteiger partial charge >= 0.3 is 0 Å². The van der Waals surface area contributed by atoms with Crippen LogP contribution in [0.3, 0.4) is 0 Å². The lowest BCUT2D eigenvalue weighted by molar-refractivity contribution is 0.541. The van der Waals surface area contributed by atoms with Gasteiger partial charge in [-0.15, -0.1) is 0 Å². The van der Waals surface area contributed by atoms with Gasteiger partial charge in [-0.3, -0.25) is 0 Å². The van der Waals surface area contributed by atoms with Gasteiger partial charge in [-0.05, 0) is 99.5 Å². The molecule has 0 saturated heterocycles. The van der Waals surface area contributed by atoms with Gasteiger partial charge in [0.2, 0.25) is 0 Å². The van der Waals surface area contributed by atoms with Crippen LogP contribution in [0.15, 0.2) is 206 Å². The number of benzene rings is 8. The molecule has 11 rings (SSSR count). The molecule has 0 bridgehead atoms. The van der Waals surface area contributed by atoms with Crippen molar-refractivity contribution in [3.8, 4) is 0 Å². The zero-order valence-electron chi connectivity index (χ0n) is 31.5. The molecule has 0 N–H and O–H groups in total. The van der Waals surface area contributed by atoms with Crippen LogP contribution in [-0.4, -0.2) is 20.4 Å². The van der Waals surface area contributed by atoms with E-state index in [0.717, 1.165) is 5.69 Å². The topological polar surface area (TPSA) is 9.72 Å². The molecule has 0 radical (unpaired) electrons. The quantitative estimate of drug-likeness (QED) is 0.128. The maximum Gasteiger partial charge on any atom is 0.252 e. The average Bonchev–Trinajstić information content (AvgIpc) is 3.50. The Morgan fingerprint density at radius 2 is 0.857 bits per heavy atom. The minimum absolute atomic E-state index is 0.0594. The number of anilines is 7. The summed E-state index contributed by atoms with van der Waals surface area (Å²) in [5.41, 5.74) is 12.3. The Kier molecular flexibility index (Phi) is 7.32. The van der Waals surface area contributed by atoms with Gasteiger partial charge in [0, 0.05) is 28.4 Å². The summed E-state index contributed by atoms with van der Waals surface area (Å²) in [4.78, 5) is 7.78. The first-order chi connectivity index (χ1) is 27.6. The van der Waals surface area contributed by atoms with Crippen molar-refractivity contribution in [1.82, 2.24) is 0 Å². The molecule has 0 aromatic heterocycles. The molecular formula is C51H40BN3Si. The van der Waals surface area contributed by atoms with E-state index in [-0.39, 0.29) is 6.71 Å². The van der Waals surface area contributed by atoms with Gasteiger partial charge in [-0.2, -0.15) is 0 Å². The first kappa shape index (κ1) is 32.8. The van der Waals surface area contributed by atoms with Gasteiger partial charge in [-0.25, -0.2) is 0 Å². The minimum Gasteiger partial charge on any atom is -0.317 e. The standard InChI is InChI=1S/C51H40BN3Si/c1-51(2)54(38-23-10-4-11-24-38)46-34-20-32-44-50(46)55(51)48-36-42(35-47-49(48)52(44)43-31-18-19-33-45(43)53(47)37-21-8-3-9-22-37)56(39-25-12-5-13-26-39,40-27-14-6-15-28-40)41-29-16-7-17-30-41/h3-36H,1-2H3. The summed E-state index contributed by atoms with van der Waals surface area (Å²) < 4.78 is 0. The Morgan fingerprint density at radius 1 is 0.393 bits per heavy atom. The second kappa shape index (κ2) is 12.5. The van der Waals surface area contributed by atoms with Crippen molar-refractivity contribution in [2.75, 3.05) is 14.7 Å². The van der Waals surface area contributed by atoms with Gasteiger partial charge in [0.1, 0.15) is 5.66 Å². The summed E-state index contributed by atoms with van der Waals surface area (Å²) in [5, 5.41) is 5.47. The lowest BCUT2D eigenvalue weighted by Crippen LogP contribution is -2.75. The third-order valence-electron chi connectivity index (χ3n) is 12.4. The summed E-state index contributed by atoms with van der Waals surface area (Å²) in [7, 11) is -2.94. The smallest absolute Gasteiger partial charge is 0.252 e. The maximum absolute atomic E-state index is 2.94.